The number of hydrogen-bond donors (Lipinski definition) is 0. The van der Waals surface area contributed by atoms with Crippen LogP contribution in [0.1, 0.15) is 28.2 Å². The number of hydrogen-bond acceptors (Lipinski definition) is 3. The smallest absolute Gasteiger partial charge is 0.264 e. The maximum atomic E-state index is 12.6. The van der Waals surface area contributed by atoms with Crippen molar-refractivity contribution >= 4 is 43.4 Å². The summed E-state index contributed by atoms with van der Waals surface area (Å²) in [5.41, 5.74) is 1.97. The average molecular weight is 390 g/mol. The van der Waals surface area contributed by atoms with Gasteiger partial charge in [-0.15, -0.1) is 11.3 Å². The van der Waals surface area contributed by atoms with Gasteiger partial charge < -0.3 is 4.90 Å². The molecule has 0 saturated carbocycles. The molecule has 6 heteroatoms. The number of likely N-dealkylation sites (tertiary alicyclic amines) is 1. The van der Waals surface area contributed by atoms with Gasteiger partial charge in [-0.2, -0.15) is 5.10 Å². The molecule has 23 heavy (non-hydrogen) atoms. The van der Waals surface area contributed by atoms with Crippen LogP contribution in [0.15, 0.2) is 34.8 Å². The number of thiophene rings is 1. The number of carbonyl (C=O) groups is 1. The molecule has 3 heterocycles. The molecule has 0 atom stereocenters. The Morgan fingerprint density at radius 1 is 1.22 bits per heavy atom. The number of fused-ring (bicyclic) bond motifs is 1. The SMILES string of the molecule is Cc1nn(-c2ccc(Br)cc2)c2sc(C(=O)N3CCCC3)cc12. The molecule has 4 nitrogen and oxygen atoms in total. The average Bonchev–Trinajstić information content (AvgIpc) is 3.26. The zero-order valence-corrected chi connectivity index (χ0v) is 15.2. The second kappa shape index (κ2) is 5.76. The topological polar surface area (TPSA) is 38.1 Å². The van der Waals surface area contributed by atoms with Crippen LogP contribution in [0.25, 0.3) is 15.9 Å². The zero-order chi connectivity index (χ0) is 16.0. The maximum Gasteiger partial charge on any atom is 0.264 e. The fraction of sp³-hybridized carbons (Fsp3) is 0.294. The summed E-state index contributed by atoms with van der Waals surface area (Å²) >= 11 is 4.99. The molecule has 4 rings (SSSR count). The van der Waals surface area contributed by atoms with Gasteiger partial charge in [0.25, 0.3) is 5.91 Å². The summed E-state index contributed by atoms with van der Waals surface area (Å²) in [4.78, 5) is 16.4. The van der Waals surface area contributed by atoms with Crippen LogP contribution in [0.3, 0.4) is 0 Å². The number of benzene rings is 1. The minimum Gasteiger partial charge on any atom is -0.338 e. The molecule has 0 N–H and O–H groups in total. The van der Waals surface area contributed by atoms with Crippen molar-refractivity contribution in [1.29, 1.82) is 0 Å². The number of carbonyl (C=O) groups excluding carboxylic acids is 1. The van der Waals surface area contributed by atoms with Crippen molar-refractivity contribution in [3.8, 4) is 5.69 Å². The van der Waals surface area contributed by atoms with E-state index < -0.39 is 0 Å². The molecule has 0 spiro atoms. The summed E-state index contributed by atoms with van der Waals surface area (Å²) in [5.74, 6) is 0.158. The Hall–Kier alpha value is -1.66. The third kappa shape index (κ3) is 2.60. The van der Waals surface area contributed by atoms with Crippen LogP contribution in [-0.2, 0) is 0 Å². The predicted molar refractivity (Wildman–Crippen MR) is 96.5 cm³/mol. The van der Waals surface area contributed by atoms with E-state index in [4.69, 9.17) is 0 Å². The van der Waals surface area contributed by atoms with E-state index in [9.17, 15) is 4.79 Å². The third-order valence-electron chi connectivity index (χ3n) is 4.22. The number of aromatic nitrogens is 2. The summed E-state index contributed by atoms with van der Waals surface area (Å²) < 4.78 is 2.97. The van der Waals surface area contributed by atoms with Crippen LogP contribution in [0.5, 0.6) is 0 Å². The Bertz CT molecular complexity index is 875. The number of halogens is 1. The van der Waals surface area contributed by atoms with Gasteiger partial charge in [0.2, 0.25) is 0 Å². The van der Waals surface area contributed by atoms with Gasteiger partial charge in [0.15, 0.2) is 0 Å². The van der Waals surface area contributed by atoms with E-state index in [2.05, 4.69) is 21.0 Å². The molecule has 0 aliphatic carbocycles. The quantitative estimate of drug-likeness (QED) is 0.651. The van der Waals surface area contributed by atoms with Gasteiger partial charge >= 0.3 is 0 Å². The van der Waals surface area contributed by atoms with Crippen molar-refractivity contribution in [1.82, 2.24) is 14.7 Å². The van der Waals surface area contributed by atoms with Gasteiger partial charge in [-0.1, -0.05) is 15.9 Å². The van der Waals surface area contributed by atoms with Crippen molar-refractivity contribution in [3.05, 3.63) is 45.4 Å². The molecule has 0 radical (unpaired) electrons. The van der Waals surface area contributed by atoms with Crippen molar-refractivity contribution in [2.45, 2.75) is 19.8 Å². The van der Waals surface area contributed by atoms with E-state index >= 15 is 0 Å². The van der Waals surface area contributed by atoms with Gasteiger partial charge in [0.05, 0.1) is 16.3 Å². The van der Waals surface area contributed by atoms with E-state index in [0.717, 1.165) is 56.9 Å². The Morgan fingerprint density at radius 3 is 2.61 bits per heavy atom. The van der Waals surface area contributed by atoms with Gasteiger partial charge in [-0.05, 0) is 50.1 Å². The highest BCUT2D eigenvalue weighted by Crippen LogP contribution is 2.31. The minimum absolute atomic E-state index is 0.158. The Balaban J connectivity index is 1.78. The van der Waals surface area contributed by atoms with Crippen LogP contribution < -0.4 is 0 Å². The zero-order valence-electron chi connectivity index (χ0n) is 12.8. The third-order valence-corrected chi connectivity index (χ3v) is 5.85. The summed E-state index contributed by atoms with van der Waals surface area (Å²) in [7, 11) is 0. The Morgan fingerprint density at radius 2 is 1.91 bits per heavy atom. The molecule has 3 aromatic rings. The molecular formula is C17H16BrN3OS. The van der Waals surface area contributed by atoms with E-state index in [1.165, 1.54) is 11.3 Å². The van der Waals surface area contributed by atoms with Crippen molar-refractivity contribution in [2.24, 2.45) is 0 Å². The fourth-order valence-electron chi connectivity index (χ4n) is 2.99. The van der Waals surface area contributed by atoms with E-state index in [1.54, 1.807) is 0 Å². The standard InChI is InChI=1S/C17H16BrN3OS/c1-11-14-10-15(16(22)20-8-2-3-9-20)23-17(14)21(19-11)13-6-4-12(18)5-7-13/h4-7,10H,2-3,8-9H2,1H3. The molecule has 1 aromatic carbocycles. The fourth-order valence-corrected chi connectivity index (χ4v) is 4.40. The van der Waals surface area contributed by atoms with E-state index in [1.807, 2.05) is 46.8 Å². The molecule has 0 bridgehead atoms. The van der Waals surface area contributed by atoms with E-state index in [-0.39, 0.29) is 5.91 Å². The van der Waals surface area contributed by atoms with Crippen molar-refractivity contribution in [2.75, 3.05) is 13.1 Å². The summed E-state index contributed by atoms with van der Waals surface area (Å²) in [6.07, 6.45) is 2.23. The van der Waals surface area contributed by atoms with Crippen LogP contribution >= 0.6 is 27.3 Å². The van der Waals surface area contributed by atoms with E-state index in [0.29, 0.717) is 0 Å². The lowest BCUT2D eigenvalue weighted by Gasteiger charge is -2.13. The molecule has 2 aromatic heterocycles. The molecule has 1 aliphatic heterocycles. The highest BCUT2D eigenvalue weighted by atomic mass is 79.9. The monoisotopic (exact) mass is 389 g/mol. The molecule has 1 amide bonds. The van der Waals surface area contributed by atoms with Crippen LogP contribution in [0, 0.1) is 6.92 Å². The predicted octanol–water partition coefficient (Wildman–Crippen LogP) is 4.39. The molecule has 1 fully saturated rings. The second-order valence-electron chi connectivity index (χ2n) is 5.80. The molecule has 1 aliphatic rings. The first-order valence-corrected chi connectivity index (χ1v) is 9.29. The van der Waals surface area contributed by atoms with Gasteiger partial charge in [-0.3, -0.25) is 4.79 Å². The highest BCUT2D eigenvalue weighted by molar-refractivity contribution is 9.10. The first-order chi connectivity index (χ1) is 11.1. The lowest BCUT2D eigenvalue weighted by atomic mass is 10.3. The van der Waals surface area contributed by atoms with Gasteiger partial charge in [0, 0.05) is 22.9 Å². The lowest BCUT2D eigenvalue weighted by Crippen LogP contribution is -2.26. The lowest BCUT2D eigenvalue weighted by molar-refractivity contribution is 0.0797. The number of rotatable bonds is 2. The van der Waals surface area contributed by atoms with Crippen LogP contribution in [-0.4, -0.2) is 33.7 Å². The van der Waals surface area contributed by atoms with Crippen molar-refractivity contribution in [3.63, 3.8) is 0 Å². The highest BCUT2D eigenvalue weighted by Gasteiger charge is 2.23. The number of aryl methyl sites for hydroxylation is 1. The van der Waals surface area contributed by atoms with Gasteiger partial charge in [0.1, 0.15) is 4.83 Å². The summed E-state index contributed by atoms with van der Waals surface area (Å²) in [5, 5.41) is 5.70. The van der Waals surface area contributed by atoms with Crippen LogP contribution in [0.2, 0.25) is 0 Å². The summed E-state index contributed by atoms with van der Waals surface area (Å²) in [6.45, 7) is 3.75. The first kappa shape index (κ1) is 14.9. The number of amides is 1. The normalized spacial score (nSPS) is 14.8. The molecule has 1 saturated heterocycles. The van der Waals surface area contributed by atoms with Crippen molar-refractivity contribution < 1.29 is 4.79 Å². The first-order valence-electron chi connectivity index (χ1n) is 7.68. The number of nitrogens with zero attached hydrogens (tertiary/aromatic N) is 3. The summed E-state index contributed by atoms with van der Waals surface area (Å²) in [6, 6.07) is 10.1. The molecule has 0 unspecified atom stereocenters. The van der Waals surface area contributed by atoms with Crippen LogP contribution in [0.4, 0.5) is 0 Å². The molecule has 118 valence electrons. The van der Waals surface area contributed by atoms with Gasteiger partial charge in [-0.25, -0.2) is 4.68 Å². The maximum absolute atomic E-state index is 12.6. The largest absolute Gasteiger partial charge is 0.338 e. The second-order valence-corrected chi connectivity index (χ2v) is 7.75. The Kier molecular flexibility index (Phi) is 3.73. The minimum atomic E-state index is 0.158. The Labute approximate surface area is 146 Å². The molecular weight excluding hydrogens is 374 g/mol.